The van der Waals surface area contributed by atoms with Gasteiger partial charge in [0, 0.05) is 6.42 Å². The Kier molecular flexibility index (Phi) is 4.29. The first-order chi connectivity index (χ1) is 10.2. The van der Waals surface area contributed by atoms with Crippen molar-refractivity contribution in [1.29, 1.82) is 0 Å². The van der Waals surface area contributed by atoms with Crippen molar-refractivity contribution >= 4 is 5.78 Å². The van der Waals surface area contributed by atoms with Gasteiger partial charge in [-0.2, -0.15) is 0 Å². The van der Waals surface area contributed by atoms with E-state index in [0.717, 1.165) is 37.2 Å². The highest BCUT2D eigenvalue weighted by molar-refractivity contribution is 5.90. The van der Waals surface area contributed by atoms with Crippen LogP contribution in [-0.4, -0.2) is 36.4 Å². The summed E-state index contributed by atoms with van der Waals surface area (Å²) < 4.78 is 5.27. The number of methoxy groups -OCH3 is 1. The highest BCUT2D eigenvalue weighted by Gasteiger charge is 2.45. The Morgan fingerprint density at radius 1 is 1.19 bits per heavy atom. The third kappa shape index (κ3) is 2.84. The first kappa shape index (κ1) is 14.6. The van der Waals surface area contributed by atoms with Crippen molar-refractivity contribution in [2.24, 2.45) is 0 Å². The van der Waals surface area contributed by atoms with E-state index in [0.29, 0.717) is 12.2 Å². The molecule has 1 saturated heterocycles. The van der Waals surface area contributed by atoms with Crippen molar-refractivity contribution in [3.63, 3.8) is 0 Å². The van der Waals surface area contributed by atoms with Gasteiger partial charge in [0.1, 0.15) is 5.75 Å². The highest BCUT2D eigenvalue weighted by Crippen LogP contribution is 2.39. The van der Waals surface area contributed by atoms with E-state index >= 15 is 0 Å². The van der Waals surface area contributed by atoms with Crippen LogP contribution in [0.25, 0.3) is 0 Å². The van der Waals surface area contributed by atoms with E-state index in [2.05, 4.69) is 4.90 Å². The zero-order valence-corrected chi connectivity index (χ0v) is 12.9. The highest BCUT2D eigenvalue weighted by atomic mass is 16.5. The Morgan fingerprint density at radius 3 is 2.57 bits per heavy atom. The van der Waals surface area contributed by atoms with Crippen LogP contribution in [0, 0.1) is 0 Å². The summed E-state index contributed by atoms with van der Waals surface area (Å²) in [6, 6.07) is 7.93. The molecule has 1 aliphatic heterocycles. The second-order valence-corrected chi connectivity index (χ2v) is 6.38. The van der Waals surface area contributed by atoms with Crippen molar-refractivity contribution in [2.45, 2.75) is 50.5 Å². The van der Waals surface area contributed by atoms with Gasteiger partial charge in [0.05, 0.1) is 12.6 Å². The topological polar surface area (TPSA) is 29.5 Å². The van der Waals surface area contributed by atoms with Crippen LogP contribution in [0.5, 0.6) is 5.75 Å². The SMILES string of the molecule is COc1cccc(CC(=O)C2(N3CCCC3)CCCC2)c1. The third-order valence-corrected chi connectivity index (χ3v) is 5.16. The van der Waals surface area contributed by atoms with Crippen LogP contribution < -0.4 is 4.74 Å². The van der Waals surface area contributed by atoms with Gasteiger partial charge in [-0.15, -0.1) is 0 Å². The largest absolute Gasteiger partial charge is 0.497 e. The minimum atomic E-state index is -0.167. The molecule has 1 saturated carbocycles. The Bertz CT molecular complexity index is 500. The number of carbonyl (C=O) groups excluding carboxylic acids is 1. The molecule has 1 aliphatic carbocycles. The van der Waals surface area contributed by atoms with Gasteiger partial charge in [0.15, 0.2) is 5.78 Å². The smallest absolute Gasteiger partial charge is 0.157 e. The predicted molar refractivity (Wildman–Crippen MR) is 83.7 cm³/mol. The molecule has 0 aromatic heterocycles. The Hall–Kier alpha value is -1.35. The maximum absolute atomic E-state index is 13.0. The Morgan fingerprint density at radius 2 is 1.90 bits per heavy atom. The number of nitrogens with zero attached hydrogens (tertiary/aromatic N) is 1. The van der Waals surface area contributed by atoms with E-state index in [9.17, 15) is 4.79 Å². The molecule has 2 aliphatic rings. The molecule has 2 fully saturated rings. The molecule has 1 aromatic carbocycles. The quantitative estimate of drug-likeness (QED) is 0.833. The average Bonchev–Trinajstić information content (AvgIpc) is 3.19. The van der Waals surface area contributed by atoms with Crippen LogP contribution in [0.15, 0.2) is 24.3 Å². The normalized spacial score (nSPS) is 21.6. The minimum Gasteiger partial charge on any atom is -0.497 e. The van der Waals surface area contributed by atoms with E-state index in [1.54, 1.807) is 7.11 Å². The van der Waals surface area contributed by atoms with Gasteiger partial charge in [-0.25, -0.2) is 0 Å². The maximum Gasteiger partial charge on any atom is 0.157 e. The number of hydrogen-bond acceptors (Lipinski definition) is 3. The van der Waals surface area contributed by atoms with Gasteiger partial charge in [-0.1, -0.05) is 25.0 Å². The molecular formula is C18H25NO2. The van der Waals surface area contributed by atoms with E-state index in [1.165, 1.54) is 25.7 Å². The molecular weight excluding hydrogens is 262 g/mol. The lowest BCUT2D eigenvalue weighted by atomic mass is 9.86. The number of carbonyl (C=O) groups is 1. The van der Waals surface area contributed by atoms with Crippen LogP contribution >= 0.6 is 0 Å². The third-order valence-electron chi connectivity index (χ3n) is 5.16. The number of Topliss-reactive ketones (excluding diaryl/α,β-unsaturated/α-hetero) is 1. The van der Waals surface area contributed by atoms with Crippen molar-refractivity contribution in [2.75, 3.05) is 20.2 Å². The first-order valence-electron chi connectivity index (χ1n) is 8.16. The second-order valence-electron chi connectivity index (χ2n) is 6.38. The van der Waals surface area contributed by atoms with Crippen LogP contribution in [0.1, 0.15) is 44.1 Å². The fraction of sp³-hybridized carbons (Fsp3) is 0.611. The van der Waals surface area contributed by atoms with E-state index in [-0.39, 0.29) is 5.54 Å². The standard InChI is InChI=1S/C18H25NO2/c1-21-16-8-6-7-15(13-16)14-17(20)18(9-2-3-10-18)19-11-4-5-12-19/h6-8,13H,2-5,9-12,14H2,1H3. The fourth-order valence-electron chi connectivity index (χ4n) is 4.01. The van der Waals surface area contributed by atoms with Crippen LogP contribution in [0.4, 0.5) is 0 Å². The molecule has 3 rings (SSSR count). The molecule has 0 N–H and O–H groups in total. The van der Waals surface area contributed by atoms with Gasteiger partial charge >= 0.3 is 0 Å². The fourth-order valence-corrected chi connectivity index (χ4v) is 4.01. The zero-order chi connectivity index (χ0) is 14.7. The number of hydrogen-bond donors (Lipinski definition) is 0. The molecule has 3 nitrogen and oxygen atoms in total. The number of benzene rings is 1. The van der Waals surface area contributed by atoms with Gasteiger partial charge in [0.2, 0.25) is 0 Å². The monoisotopic (exact) mass is 287 g/mol. The number of ketones is 1. The van der Waals surface area contributed by atoms with E-state index in [1.807, 2.05) is 24.3 Å². The summed E-state index contributed by atoms with van der Waals surface area (Å²) in [7, 11) is 1.67. The Balaban J connectivity index is 1.78. The molecule has 0 amide bonds. The van der Waals surface area contributed by atoms with Crippen molar-refractivity contribution in [1.82, 2.24) is 4.90 Å². The average molecular weight is 287 g/mol. The van der Waals surface area contributed by atoms with E-state index < -0.39 is 0 Å². The lowest BCUT2D eigenvalue weighted by Crippen LogP contribution is -2.52. The van der Waals surface area contributed by atoms with Gasteiger partial charge in [-0.3, -0.25) is 9.69 Å². The molecule has 21 heavy (non-hydrogen) atoms. The lowest BCUT2D eigenvalue weighted by molar-refractivity contribution is -0.129. The van der Waals surface area contributed by atoms with Gasteiger partial charge in [-0.05, 0) is 56.5 Å². The van der Waals surface area contributed by atoms with Crippen LogP contribution in [0.2, 0.25) is 0 Å². The summed E-state index contributed by atoms with van der Waals surface area (Å²) in [5.74, 6) is 1.25. The molecule has 0 spiro atoms. The van der Waals surface area contributed by atoms with Crippen LogP contribution in [0.3, 0.4) is 0 Å². The Labute approximate surface area is 127 Å². The van der Waals surface area contributed by atoms with Crippen LogP contribution in [-0.2, 0) is 11.2 Å². The molecule has 1 heterocycles. The molecule has 0 radical (unpaired) electrons. The molecule has 3 heteroatoms. The van der Waals surface area contributed by atoms with Crippen molar-refractivity contribution < 1.29 is 9.53 Å². The second kappa shape index (κ2) is 6.18. The summed E-state index contributed by atoms with van der Waals surface area (Å²) in [6.07, 6.45) is 7.52. The lowest BCUT2D eigenvalue weighted by Gasteiger charge is -2.37. The number of likely N-dealkylation sites (tertiary alicyclic amines) is 1. The maximum atomic E-state index is 13.0. The van der Waals surface area contributed by atoms with Gasteiger partial charge in [0.25, 0.3) is 0 Å². The number of ether oxygens (including phenoxy) is 1. The summed E-state index contributed by atoms with van der Waals surface area (Å²) in [5.41, 5.74) is 0.907. The van der Waals surface area contributed by atoms with E-state index in [4.69, 9.17) is 4.74 Å². The van der Waals surface area contributed by atoms with Crippen molar-refractivity contribution in [3.8, 4) is 5.75 Å². The molecule has 1 aromatic rings. The molecule has 0 bridgehead atoms. The molecule has 0 atom stereocenters. The number of rotatable bonds is 5. The van der Waals surface area contributed by atoms with Crippen molar-refractivity contribution in [3.05, 3.63) is 29.8 Å². The molecule has 114 valence electrons. The summed E-state index contributed by atoms with van der Waals surface area (Å²) in [4.78, 5) is 15.5. The summed E-state index contributed by atoms with van der Waals surface area (Å²) in [6.45, 7) is 2.20. The first-order valence-corrected chi connectivity index (χ1v) is 8.16. The molecule has 0 unspecified atom stereocenters. The van der Waals surface area contributed by atoms with Gasteiger partial charge < -0.3 is 4.74 Å². The minimum absolute atomic E-state index is 0.167. The summed E-state index contributed by atoms with van der Waals surface area (Å²) in [5, 5.41) is 0. The summed E-state index contributed by atoms with van der Waals surface area (Å²) >= 11 is 0. The zero-order valence-electron chi connectivity index (χ0n) is 12.9. The predicted octanol–water partition coefficient (Wildman–Crippen LogP) is 3.22.